The van der Waals surface area contributed by atoms with E-state index in [0.29, 0.717) is 18.3 Å². The number of hydrogen-bond donors (Lipinski definition) is 1. The largest absolute Gasteiger partial charge is 0.370 e. The van der Waals surface area contributed by atoms with E-state index in [0.717, 1.165) is 0 Å². The molecule has 0 spiro atoms. The van der Waals surface area contributed by atoms with E-state index >= 15 is 0 Å². The van der Waals surface area contributed by atoms with Crippen LogP contribution < -0.4 is 5.32 Å². The summed E-state index contributed by atoms with van der Waals surface area (Å²) in [5, 5.41) is 22.3. The van der Waals surface area contributed by atoms with Gasteiger partial charge in [0.25, 0.3) is 0 Å². The number of nitriles is 1. The highest BCUT2D eigenvalue weighted by Crippen LogP contribution is 2.18. The summed E-state index contributed by atoms with van der Waals surface area (Å²) in [6.45, 7) is 4.77. The van der Waals surface area contributed by atoms with Gasteiger partial charge in [0.05, 0.1) is 4.92 Å². The first-order valence-electron chi connectivity index (χ1n) is 4.84. The summed E-state index contributed by atoms with van der Waals surface area (Å²) >= 11 is 0. The fourth-order valence-corrected chi connectivity index (χ4v) is 1.09. The molecule has 0 aliphatic rings. The average Bonchev–Trinajstić information content (AvgIpc) is 2.25. The number of anilines is 1. The quantitative estimate of drug-likeness (QED) is 0.618. The van der Waals surface area contributed by atoms with E-state index in [-0.39, 0.29) is 11.4 Å². The zero-order valence-corrected chi connectivity index (χ0v) is 9.10. The molecule has 0 radical (unpaired) electrons. The minimum Gasteiger partial charge on any atom is -0.370 e. The third kappa shape index (κ3) is 2.92. The van der Waals surface area contributed by atoms with Gasteiger partial charge >= 0.3 is 5.69 Å². The first-order valence-corrected chi connectivity index (χ1v) is 4.84. The molecule has 6 heteroatoms. The number of nitrogens with one attached hydrogen (secondary N) is 1. The average molecular weight is 220 g/mol. The minimum atomic E-state index is -0.613. The molecule has 0 aromatic carbocycles. The monoisotopic (exact) mass is 220 g/mol. The summed E-state index contributed by atoms with van der Waals surface area (Å²) in [5.41, 5.74) is -0.434. The Kier molecular flexibility index (Phi) is 3.78. The van der Waals surface area contributed by atoms with Crippen LogP contribution >= 0.6 is 0 Å². The number of hydrogen-bond acceptors (Lipinski definition) is 5. The van der Waals surface area contributed by atoms with E-state index in [1.165, 1.54) is 12.1 Å². The fraction of sp³-hybridized carbons (Fsp3) is 0.400. The molecule has 1 aromatic rings. The van der Waals surface area contributed by atoms with Crippen molar-refractivity contribution in [3.8, 4) is 6.07 Å². The maximum atomic E-state index is 10.6. The van der Waals surface area contributed by atoms with Gasteiger partial charge in [0.1, 0.15) is 11.9 Å². The predicted octanol–water partition coefficient (Wildman–Crippen LogP) is 1.93. The van der Waals surface area contributed by atoms with Gasteiger partial charge in [0.15, 0.2) is 0 Å². The number of pyridine rings is 1. The smallest absolute Gasteiger partial charge is 0.305 e. The second kappa shape index (κ2) is 5.07. The molecular formula is C10H12N4O2. The summed E-state index contributed by atoms with van der Waals surface area (Å²) in [6.07, 6.45) is 0. The summed E-state index contributed by atoms with van der Waals surface area (Å²) < 4.78 is 0. The fourth-order valence-electron chi connectivity index (χ4n) is 1.09. The minimum absolute atomic E-state index is 0.168. The Balaban J connectivity index is 2.92. The predicted molar refractivity (Wildman–Crippen MR) is 58.9 cm³/mol. The molecule has 1 N–H and O–H groups in total. The van der Waals surface area contributed by atoms with E-state index in [2.05, 4.69) is 10.3 Å². The third-order valence-electron chi connectivity index (χ3n) is 1.87. The van der Waals surface area contributed by atoms with Crippen molar-refractivity contribution >= 4 is 11.5 Å². The topological polar surface area (TPSA) is 91.9 Å². The van der Waals surface area contributed by atoms with Gasteiger partial charge in [-0.1, -0.05) is 13.8 Å². The normalized spacial score (nSPS) is 9.88. The van der Waals surface area contributed by atoms with Crippen molar-refractivity contribution in [1.29, 1.82) is 5.26 Å². The number of rotatable bonds is 4. The molecule has 0 aliphatic heterocycles. The molecule has 0 fully saturated rings. The van der Waals surface area contributed by atoms with Crippen LogP contribution in [0.1, 0.15) is 19.5 Å². The summed E-state index contributed by atoms with van der Waals surface area (Å²) in [6, 6.07) is 4.50. The molecule has 0 unspecified atom stereocenters. The Hall–Kier alpha value is -2.16. The molecule has 16 heavy (non-hydrogen) atoms. The van der Waals surface area contributed by atoms with Crippen LogP contribution in [0.5, 0.6) is 0 Å². The van der Waals surface area contributed by atoms with Gasteiger partial charge in [-0.15, -0.1) is 0 Å². The van der Waals surface area contributed by atoms with Crippen molar-refractivity contribution in [2.75, 3.05) is 11.9 Å². The first kappa shape index (κ1) is 11.9. The first-order chi connectivity index (χ1) is 7.54. The van der Waals surface area contributed by atoms with Gasteiger partial charge in [-0.2, -0.15) is 5.26 Å². The van der Waals surface area contributed by atoms with Gasteiger partial charge in [0, 0.05) is 12.6 Å². The van der Waals surface area contributed by atoms with Crippen LogP contribution in [-0.4, -0.2) is 16.5 Å². The molecule has 0 amide bonds. The zero-order chi connectivity index (χ0) is 12.1. The molecule has 0 saturated carbocycles. The van der Waals surface area contributed by atoms with E-state index in [9.17, 15) is 10.1 Å². The van der Waals surface area contributed by atoms with Gasteiger partial charge in [-0.25, -0.2) is 4.98 Å². The SMILES string of the molecule is CC(C)CNc1ccc([N+](=O)[O-])c(C#N)n1. The van der Waals surface area contributed by atoms with E-state index in [4.69, 9.17) is 5.26 Å². The highest BCUT2D eigenvalue weighted by molar-refractivity contribution is 5.50. The molecule has 84 valence electrons. The second-order valence-electron chi connectivity index (χ2n) is 3.71. The number of aromatic nitrogens is 1. The lowest BCUT2D eigenvalue weighted by molar-refractivity contribution is -0.385. The zero-order valence-electron chi connectivity index (χ0n) is 9.10. The molecule has 0 atom stereocenters. The lowest BCUT2D eigenvalue weighted by Crippen LogP contribution is -2.09. The maximum absolute atomic E-state index is 10.6. The van der Waals surface area contributed by atoms with Crippen molar-refractivity contribution in [3.05, 3.63) is 27.9 Å². The highest BCUT2D eigenvalue weighted by Gasteiger charge is 2.15. The summed E-state index contributed by atoms with van der Waals surface area (Å²) in [5.74, 6) is 0.915. The van der Waals surface area contributed by atoms with Crippen LogP contribution in [-0.2, 0) is 0 Å². The van der Waals surface area contributed by atoms with Crippen LogP contribution in [0, 0.1) is 27.4 Å². The van der Waals surface area contributed by atoms with Crippen LogP contribution in [0.15, 0.2) is 12.1 Å². The van der Waals surface area contributed by atoms with E-state index in [1.54, 1.807) is 6.07 Å². The van der Waals surface area contributed by atoms with Crippen LogP contribution in [0.25, 0.3) is 0 Å². The maximum Gasteiger partial charge on any atom is 0.305 e. The van der Waals surface area contributed by atoms with E-state index in [1.807, 2.05) is 13.8 Å². The van der Waals surface area contributed by atoms with Gasteiger partial charge in [0.2, 0.25) is 5.69 Å². The Morgan fingerprint density at radius 2 is 2.31 bits per heavy atom. The molecule has 1 heterocycles. The van der Waals surface area contributed by atoms with E-state index < -0.39 is 4.92 Å². The van der Waals surface area contributed by atoms with Crippen molar-refractivity contribution < 1.29 is 4.92 Å². The lowest BCUT2D eigenvalue weighted by Gasteiger charge is -2.07. The standard InChI is InChI=1S/C10H12N4O2/c1-7(2)6-12-10-4-3-9(14(15)16)8(5-11)13-10/h3-4,7H,6H2,1-2H3,(H,12,13). The van der Waals surface area contributed by atoms with Crippen molar-refractivity contribution in [2.45, 2.75) is 13.8 Å². The van der Waals surface area contributed by atoms with Gasteiger partial charge < -0.3 is 5.32 Å². The molecule has 1 aromatic heterocycles. The highest BCUT2D eigenvalue weighted by atomic mass is 16.6. The Labute approximate surface area is 93.1 Å². The summed E-state index contributed by atoms with van der Waals surface area (Å²) in [7, 11) is 0. The van der Waals surface area contributed by atoms with Gasteiger partial charge in [-0.05, 0) is 12.0 Å². The Morgan fingerprint density at radius 1 is 1.62 bits per heavy atom. The van der Waals surface area contributed by atoms with Crippen LogP contribution in [0.3, 0.4) is 0 Å². The van der Waals surface area contributed by atoms with Crippen molar-refractivity contribution in [3.63, 3.8) is 0 Å². The summed E-state index contributed by atoms with van der Waals surface area (Å²) in [4.78, 5) is 13.8. The second-order valence-corrected chi connectivity index (χ2v) is 3.71. The Morgan fingerprint density at radius 3 is 2.81 bits per heavy atom. The van der Waals surface area contributed by atoms with Crippen molar-refractivity contribution in [2.24, 2.45) is 5.92 Å². The molecular weight excluding hydrogens is 208 g/mol. The molecule has 6 nitrogen and oxygen atoms in total. The number of nitrogens with zero attached hydrogens (tertiary/aromatic N) is 3. The van der Waals surface area contributed by atoms with Crippen LogP contribution in [0.2, 0.25) is 0 Å². The molecule has 0 aliphatic carbocycles. The Bertz CT molecular complexity index is 437. The van der Waals surface area contributed by atoms with Gasteiger partial charge in [-0.3, -0.25) is 10.1 Å². The lowest BCUT2D eigenvalue weighted by atomic mass is 10.2. The van der Waals surface area contributed by atoms with Crippen LogP contribution in [0.4, 0.5) is 11.5 Å². The van der Waals surface area contributed by atoms with Crippen molar-refractivity contribution in [1.82, 2.24) is 4.98 Å². The molecule has 0 saturated heterocycles. The number of nitro groups is 1. The molecule has 0 bridgehead atoms. The third-order valence-corrected chi connectivity index (χ3v) is 1.87. The molecule has 1 rings (SSSR count).